The number of nitrogens with one attached hydrogen (secondary N) is 1. The molecule has 130 valence electrons. The topological polar surface area (TPSA) is 99.8 Å². The number of hydrogen-bond donors (Lipinski definition) is 3. The molecule has 0 unspecified atom stereocenters. The minimum absolute atomic E-state index is 0.0346. The van der Waals surface area contributed by atoms with Crippen molar-refractivity contribution in [2.45, 2.75) is 4.90 Å². The van der Waals surface area contributed by atoms with Gasteiger partial charge in [-0.25, -0.2) is 13.1 Å². The molecule has 0 aliphatic heterocycles. The van der Waals surface area contributed by atoms with Crippen LogP contribution in [0.15, 0.2) is 57.8 Å². The molecule has 0 aliphatic carbocycles. The second-order valence-electron chi connectivity index (χ2n) is 5.00. The van der Waals surface area contributed by atoms with Gasteiger partial charge in [0.25, 0.3) is 15.9 Å². The fourth-order valence-electron chi connectivity index (χ4n) is 2.12. The molecule has 0 spiro atoms. The maximum atomic E-state index is 12.3. The van der Waals surface area contributed by atoms with E-state index in [1.165, 1.54) is 30.3 Å². The van der Waals surface area contributed by atoms with Gasteiger partial charge in [0.2, 0.25) is 11.5 Å². The highest BCUT2D eigenvalue weighted by Gasteiger charge is 2.26. The first kappa shape index (κ1) is 17.5. The number of benzene rings is 2. The molecule has 2 aromatic carbocycles. The Morgan fingerprint density at radius 2 is 1.64 bits per heavy atom. The van der Waals surface area contributed by atoms with Crippen LogP contribution in [0.1, 0.15) is 0 Å². The van der Waals surface area contributed by atoms with Crippen LogP contribution in [0.5, 0.6) is 11.5 Å². The molecule has 3 N–H and O–H groups in total. The van der Waals surface area contributed by atoms with Crippen molar-refractivity contribution in [3.8, 4) is 22.8 Å². The Labute approximate surface area is 153 Å². The highest BCUT2D eigenvalue weighted by atomic mass is 35.5. The van der Waals surface area contributed by atoms with Crippen molar-refractivity contribution < 1.29 is 23.0 Å². The number of halogens is 2. The van der Waals surface area contributed by atoms with Crippen LogP contribution in [-0.4, -0.2) is 18.6 Å². The summed E-state index contributed by atoms with van der Waals surface area (Å²) < 4.78 is 32.0. The van der Waals surface area contributed by atoms with E-state index in [1.54, 1.807) is 18.2 Å². The van der Waals surface area contributed by atoms with Crippen molar-refractivity contribution in [1.29, 1.82) is 0 Å². The normalized spacial score (nSPS) is 11.4. The average Bonchev–Trinajstić information content (AvgIpc) is 2.86. The minimum Gasteiger partial charge on any atom is -0.502 e. The van der Waals surface area contributed by atoms with Crippen LogP contribution in [0.4, 0.5) is 5.88 Å². The van der Waals surface area contributed by atoms with Crippen molar-refractivity contribution in [1.82, 2.24) is 0 Å². The van der Waals surface area contributed by atoms with Gasteiger partial charge in [-0.2, -0.15) is 0 Å². The minimum atomic E-state index is -4.01. The zero-order valence-corrected chi connectivity index (χ0v) is 14.7. The number of rotatable bonds is 4. The first-order valence-electron chi connectivity index (χ1n) is 6.87. The summed E-state index contributed by atoms with van der Waals surface area (Å²) in [7, 11) is -4.01. The van der Waals surface area contributed by atoms with Gasteiger partial charge in [0.1, 0.15) is 0 Å². The van der Waals surface area contributed by atoms with Crippen LogP contribution in [0.3, 0.4) is 0 Å². The first-order valence-corrected chi connectivity index (χ1v) is 9.11. The Morgan fingerprint density at radius 3 is 2.32 bits per heavy atom. The van der Waals surface area contributed by atoms with E-state index in [0.29, 0.717) is 5.02 Å². The van der Waals surface area contributed by atoms with Gasteiger partial charge < -0.3 is 14.6 Å². The van der Waals surface area contributed by atoms with Gasteiger partial charge in [-0.05, 0) is 30.3 Å². The Kier molecular flexibility index (Phi) is 4.55. The Hall–Kier alpha value is -2.35. The number of aromatic hydroxyl groups is 2. The molecule has 3 rings (SSSR count). The molecule has 0 bridgehead atoms. The molecule has 0 saturated heterocycles. The van der Waals surface area contributed by atoms with Crippen LogP contribution >= 0.6 is 23.2 Å². The third kappa shape index (κ3) is 3.39. The van der Waals surface area contributed by atoms with Crippen molar-refractivity contribution in [3.05, 3.63) is 58.6 Å². The summed E-state index contributed by atoms with van der Waals surface area (Å²) in [4.78, 5) is -0.0346. The standard InChI is InChI=1S/C16H11Cl2NO5S/c17-9-6-7-12(18)11(8-9)15-13(20)14(21)16(24-15)19-25(22,23)10-4-2-1-3-5-10/h1-8,19-21H. The van der Waals surface area contributed by atoms with Gasteiger partial charge in [-0.15, -0.1) is 0 Å². The fraction of sp³-hybridized carbons (Fsp3) is 0. The van der Waals surface area contributed by atoms with Crippen LogP contribution in [0, 0.1) is 0 Å². The van der Waals surface area contributed by atoms with Gasteiger partial charge in [0, 0.05) is 10.6 Å². The average molecular weight is 400 g/mol. The Balaban J connectivity index is 2.04. The molecular formula is C16H11Cl2NO5S. The highest BCUT2D eigenvalue weighted by Crippen LogP contribution is 2.47. The summed E-state index contributed by atoms with van der Waals surface area (Å²) in [5, 5.41) is 20.6. The van der Waals surface area contributed by atoms with E-state index in [0.717, 1.165) is 0 Å². The van der Waals surface area contributed by atoms with Crippen molar-refractivity contribution >= 4 is 39.1 Å². The van der Waals surface area contributed by atoms with Gasteiger partial charge in [0.05, 0.1) is 9.92 Å². The summed E-state index contributed by atoms with van der Waals surface area (Å²) in [5.41, 5.74) is 0.201. The van der Waals surface area contributed by atoms with Crippen molar-refractivity contribution in [3.63, 3.8) is 0 Å². The number of furan rings is 1. The lowest BCUT2D eigenvalue weighted by Gasteiger charge is -2.05. The number of anilines is 1. The molecule has 3 aromatic rings. The first-order chi connectivity index (χ1) is 11.8. The molecule has 0 atom stereocenters. The summed E-state index contributed by atoms with van der Waals surface area (Å²) in [6.45, 7) is 0. The summed E-state index contributed by atoms with van der Waals surface area (Å²) >= 11 is 11.9. The molecular weight excluding hydrogens is 389 g/mol. The van der Waals surface area contributed by atoms with Gasteiger partial charge >= 0.3 is 0 Å². The maximum absolute atomic E-state index is 12.3. The highest BCUT2D eigenvalue weighted by molar-refractivity contribution is 7.92. The Bertz CT molecular complexity index is 1030. The van der Waals surface area contributed by atoms with Gasteiger partial charge in [-0.3, -0.25) is 0 Å². The maximum Gasteiger partial charge on any atom is 0.264 e. The molecule has 0 aliphatic rings. The molecule has 0 radical (unpaired) electrons. The van der Waals surface area contributed by atoms with E-state index >= 15 is 0 Å². The molecule has 6 nitrogen and oxygen atoms in total. The van der Waals surface area contributed by atoms with E-state index in [4.69, 9.17) is 27.6 Å². The predicted octanol–water partition coefficient (Wildman–Crippen LogP) is 4.47. The lowest BCUT2D eigenvalue weighted by atomic mass is 10.1. The zero-order valence-electron chi connectivity index (χ0n) is 12.4. The van der Waals surface area contributed by atoms with Crippen molar-refractivity contribution in [2.24, 2.45) is 0 Å². The molecule has 9 heteroatoms. The van der Waals surface area contributed by atoms with E-state index < -0.39 is 27.4 Å². The molecule has 1 heterocycles. The van der Waals surface area contributed by atoms with Crippen LogP contribution < -0.4 is 4.72 Å². The van der Waals surface area contributed by atoms with Gasteiger partial charge in [0.15, 0.2) is 5.76 Å². The van der Waals surface area contributed by atoms with E-state index in [2.05, 4.69) is 4.72 Å². The molecule has 0 saturated carbocycles. The third-order valence-electron chi connectivity index (χ3n) is 3.31. The molecule has 1 aromatic heterocycles. The number of sulfonamides is 1. The molecule has 25 heavy (non-hydrogen) atoms. The summed E-state index contributed by atoms with van der Waals surface area (Å²) in [6.07, 6.45) is 0. The van der Waals surface area contributed by atoms with Crippen LogP contribution in [-0.2, 0) is 10.0 Å². The lowest BCUT2D eigenvalue weighted by molar-refractivity contribution is 0.410. The Morgan fingerprint density at radius 1 is 0.960 bits per heavy atom. The van der Waals surface area contributed by atoms with Crippen LogP contribution in [0.25, 0.3) is 11.3 Å². The van der Waals surface area contributed by atoms with Crippen LogP contribution in [0.2, 0.25) is 10.0 Å². The van der Waals surface area contributed by atoms with E-state index in [-0.39, 0.29) is 21.2 Å². The van der Waals surface area contributed by atoms with E-state index in [9.17, 15) is 18.6 Å². The molecule has 0 amide bonds. The summed E-state index contributed by atoms with van der Waals surface area (Å²) in [6, 6.07) is 11.9. The quantitative estimate of drug-likeness (QED) is 0.600. The third-order valence-corrected chi connectivity index (χ3v) is 5.22. The second kappa shape index (κ2) is 6.51. The molecule has 0 fully saturated rings. The number of hydrogen-bond acceptors (Lipinski definition) is 5. The summed E-state index contributed by atoms with van der Waals surface area (Å²) in [5.74, 6) is -2.16. The van der Waals surface area contributed by atoms with Gasteiger partial charge in [-0.1, -0.05) is 41.4 Å². The lowest BCUT2D eigenvalue weighted by Crippen LogP contribution is -2.12. The second-order valence-corrected chi connectivity index (χ2v) is 7.53. The SMILES string of the molecule is O=S(=O)(Nc1oc(-c2cc(Cl)ccc2Cl)c(O)c1O)c1ccccc1. The van der Waals surface area contributed by atoms with Crippen molar-refractivity contribution in [2.75, 3.05) is 4.72 Å². The largest absolute Gasteiger partial charge is 0.502 e. The van der Waals surface area contributed by atoms with E-state index in [1.807, 2.05) is 0 Å². The smallest absolute Gasteiger partial charge is 0.264 e. The predicted molar refractivity (Wildman–Crippen MR) is 94.7 cm³/mol. The monoisotopic (exact) mass is 399 g/mol. The zero-order chi connectivity index (χ0) is 18.2. The fourth-order valence-corrected chi connectivity index (χ4v) is 3.51.